The monoisotopic (exact) mass is 257 g/mol. The van der Waals surface area contributed by atoms with Crippen LogP contribution in [0.25, 0.3) is 0 Å². The number of hydrogen-bond acceptors (Lipinski definition) is 5. The van der Waals surface area contributed by atoms with Gasteiger partial charge in [0.2, 0.25) is 0 Å². The average molecular weight is 257 g/mol. The largest absolute Gasteiger partial charge is 0.466 e. The Hall–Kier alpha value is -1.12. The summed E-state index contributed by atoms with van der Waals surface area (Å²) in [6.07, 6.45) is 0.634. The second-order valence-electron chi connectivity index (χ2n) is 4.41. The molecule has 0 fully saturated rings. The minimum Gasteiger partial charge on any atom is -0.466 e. The van der Waals surface area contributed by atoms with Gasteiger partial charge in [-0.3, -0.25) is 4.79 Å². The van der Waals surface area contributed by atoms with Crippen LogP contribution < -0.4 is 0 Å². The van der Waals surface area contributed by atoms with Crippen LogP contribution in [0.5, 0.6) is 0 Å². The molecule has 0 amide bonds. The van der Waals surface area contributed by atoms with Crippen LogP contribution >= 0.6 is 0 Å². The topological polar surface area (TPSA) is 68.6 Å². The van der Waals surface area contributed by atoms with E-state index in [2.05, 4.69) is 6.07 Å². The van der Waals surface area contributed by atoms with Crippen LogP contribution in [-0.4, -0.2) is 25.8 Å². The third kappa shape index (κ3) is 6.58. The molecule has 0 N–H and O–H groups in total. The highest BCUT2D eigenvalue weighted by molar-refractivity contribution is 5.73. The van der Waals surface area contributed by atoms with Crippen molar-refractivity contribution in [1.29, 1.82) is 5.26 Å². The standard InChI is InChI=1S/C13H23NO4/c1-5-16-13(15)12(9-18-17-6-2)11(8-14)7-10(3)4/h10-12H,5-7,9H2,1-4H3. The first-order chi connectivity index (χ1) is 8.56. The smallest absolute Gasteiger partial charge is 0.312 e. The van der Waals surface area contributed by atoms with E-state index in [0.717, 1.165) is 0 Å². The first-order valence-electron chi connectivity index (χ1n) is 6.37. The molecule has 2 unspecified atom stereocenters. The Balaban J connectivity index is 4.59. The van der Waals surface area contributed by atoms with E-state index in [0.29, 0.717) is 25.6 Å². The van der Waals surface area contributed by atoms with E-state index in [1.807, 2.05) is 13.8 Å². The maximum atomic E-state index is 11.8. The molecule has 0 aromatic carbocycles. The zero-order valence-electron chi connectivity index (χ0n) is 11.6. The Morgan fingerprint density at radius 1 is 1.22 bits per heavy atom. The van der Waals surface area contributed by atoms with E-state index in [1.165, 1.54) is 0 Å². The van der Waals surface area contributed by atoms with Gasteiger partial charge in [0, 0.05) is 0 Å². The molecule has 0 aliphatic heterocycles. The van der Waals surface area contributed by atoms with Gasteiger partial charge in [0.25, 0.3) is 0 Å². The maximum absolute atomic E-state index is 11.8. The van der Waals surface area contributed by atoms with Crippen LogP contribution in [0.3, 0.4) is 0 Å². The van der Waals surface area contributed by atoms with Gasteiger partial charge >= 0.3 is 5.97 Å². The van der Waals surface area contributed by atoms with Crippen LogP contribution in [-0.2, 0) is 19.3 Å². The van der Waals surface area contributed by atoms with Crippen LogP contribution in [0.2, 0.25) is 0 Å². The van der Waals surface area contributed by atoms with Crippen LogP contribution in [0.1, 0.15) is 34.1 Å². The molecule has 104 valence electrons. The molecule has 0 aliphatic rings. The lowest BCUT2D eigenvalue weighted by Crippen LogP contribution is -2.30. The summed E-state index contributed by atoms with van der Waals surface area (Å²) in [4.78, 5) is 21.5. The van der Waals surface area contributed by atoms with Gasteiger partial charge in [-0.1, -0.05) is 13.8 Å². The van der Waals surface area contributed by atoms with Gasteiger partial charge in [-0.2, -0.15) is 5.26 Å². The number of ether oxygens (including phenoxy) is 1. The molecule has 0 radical (unpaired) electrons. The molecule has 0 heterocycles. The number of nitrogens with zero attached hydrogens (tertiary/aromatic N) is 1. The summed E-state index contributed by atoms with van der Waals surface area (Å²) in [5.74, 6) is -1.07. The molecule has 0 aromatic rings. The minimum atomic E-state index is -0.594. The van der Waals surface area contributed by atoms with Gasteiger partial charge in [-0.15, -0.1) is 0 Å². The summed E-state index contributed by atoms with van der Waals surface area (Å²) in [6.45, 7) is 8.29. The van der Waals surface area contributed by atoms with E-state index < -0.39 is 17.8 Å². The zero-order chi connectivity index (χ0) is 14.0. The van der Waals surface area contributed by atoms with Crippen molar-refractivity contribution in [1.82, 2.24) is 0 Å². The molecule has 0 bridgehead atoms. The quantitative estimate of drug-likeness (QED) is 0.274. The third-order valence-corrected chi connectivity index (χ3v) is 2.41. The lowest BCUT2D eigenvalue weighted by Gasteiger charge is -2.21. The number of carbonyl (C=O) groups is 1. The predicted molar refractivity (Wildman–Crippen MR) is 66.3 cm³/mol. The highest BCUT2D eigenvalue weighted by atomic mass is 17.2. The van der Waals surface area contributed by atoms with E-state index in [-0.39, 0.29) is 6.61 Å². The van der Waals surface area contributed by atoms with Crippen molar-refractivity contribution in [3.63, 3.8) is 0 Å². The van der Waals surface area contributed by atoms with E-state index in [1.54, 1.807) is 13.8 Å². The van der Waals surface area contributed by atoms with E-state index in [4.69, 9.17) is 19.8 Å². The first kappa shape index (κ1) is 16.9. The van der Waals surface area contributed by atoms with Crippen molar-refractivity contribution in [2.45, 2.75) is 34.1 Å². The van der Waals surface area contributed by atoms with Crippen molar-refractivity contribution >= 4 is 5.97 Å². The summed E-state index contributed by atoms with van der Waals surface area (Å²) < 4.78 is 4.97. The summed E-state index contributed by atoms with van der Waals surface area (Å²) >= 11 is 0. The number of nitriles is 1. The molecule has 18 heavy (non-hydrogen) atoms. The lowest BCUT2D eigenvalue weighted by atomic mass is 9.87. The number of hydrogen-bond donors (Lipinski definition) is 0. The average Bonchev–Trinajstić information content (AvgIpc) is 2.32. The lowest BCUT2D eigenvalue weighted by molar-refractivity contribution is -0.299. The molecular formula is C13H23NO4. The van der Waals surface area contributed by atoms with Gasteiger partial charge in [0.1, 0.15) is 0 Å². The zero-order valence-corrected chi connectivity index (χ0v) is 11.6. The van der Waals surface area contributed by atoms with Crippen LogP contribution in [0, 0.1) is 29.1 Å². The molecule has 0 aromatic heterocycles. The SMILES string of the molecule is CCOOCC(C(=O)OCC)C(C#N)CC(C)C. The summed E-state index contributed by atoms with van der Waals surface area (Å²) in [5, 5.41) is 9.16. The molecule has 5 nitrogen and oxygen atoms in total. The van der Waals surface area contributed by atoms with Gasteiger partial charge in [0.15, 0.2) is 0 Å². The van der Waals surface area contributed by atoms with Crippen molar-refractivity contribution in [2.24, 2.45) is 17.8 Å². The number of esters is 1. The fraction of sp³-hybridized carbons (Fsp3) is 0.846. The molecule has 0 saturated heterocycles. The van der Waals surface area contributed by atoms with Crippen molar-refractivity contribution < 1.29 is 19.3 Å². The Labute approximate surface area is 109 Å². The summed E-state index contributed by atoms with van der Waals surface area (Å²) in [6, 6.07) is 2.16. The normalized spacial score (nSPS) is 14.0. The maximum Gasteiger partial charge on any atom is 0.312 e. The number of carbonyl (C=O) groups excluding carboxylic acids is 1. The van der Waals surface area contributed by atoms with Gasteiger partial charge < -0.3 is 4.74 Å². The molecule has 0 saturated carbocycles. The summed E-state index contributed by atoms with van der Waals surface area (Å²) in [5.41, 5.74) is 0. The van der Waals surface area contributed by atoms with Crippen molar-refractivity contribution in [3.8, 4) is 6.07 Å². The minimum absolute atomic E-state index is 0.0532. The van der Waals surface area contributed by atoms with Crippen molar-refractivity contribution in [2.75, 3.05) is 19.8 Å². The molecule has 0 spiro atoms. The second-order valence-corrected chi connectivity index (χ2v) is 4.41. The molecule has 0 aliphatic carbocycles. The molecule has 0 rings (SSSR count). The fourth-order valence-corrected chi connectivity index (χ4v) is 1.62. The Kier molecular flexibility index (Phi) is 9.25. The molecule has 5 heteroatoms. The molecule has 2 atom stereocenters. The van der Waals surface area contributed by atoms with E-state index >= 15 is 0 Å². The molecular weight excluding hydrogens is 234 g/mol. The highest BCUT2D eigenvalue weighted by Gasteiger charge is 2.31. The highest BCUT2D eigenvalue weighted by Crippen LogP contribution is 2.22. The predicted octanol–water partition coefficient (Wildman–Crippen LogP) is 2.32. The Morgan fingerprint density at radius 2 is 1.89 bits per heavy atom. The van der Waals surface area contributed by atoms with Gasteiger partial charge in [-0.25, -0.2) is 9.78 Å². The number of rotatable bonds is 9. The Bertz CT molecular complexity index is 273. The van der Waals surface area contributed by atoms with Gasteiger partial charge in [0.05, 0.1) is 37.7 Å². The van der Waals surface area contributed by atoms with Crippen LogP contribution in [0.4, 0.5) is 0 Å². The van der Waals surface area contributed by atoms with Crippen LogP contribution in [0.15, 0.2) is 0 Å². The third-order valence-electron chi connectivity index (χ3n) is 2.41. The van der Waals surface area contributed by atoms with E-state index in [9.17, 15) is 4.79 Å². The van der Waals surface area contributed by atoms with Crippen molar-refractivity contribution in [3.05, 3.63) is 0 Å². The summed E-state index contributed by atoms with van der Waals surface area (Å²) in [7, 11) is 0. The Morgan fingerprint density at radius 3 is 2.33 bits per heavy atom. The van der Waals surface area contributed by atoms with Gasteiger partial charge in [-0.05, 0) is 26.2 Å². The fourth-order valence-electron chi connectivity index (χ4n) is 1.62. The first-order valence-corrected chi connectivity index (χ1v) is 6.37. The second kappa shape index (κ2) is 9.86.